The lowest BCUT2D eigenvalue weighted by Gasteiger charge is -2.26. The van der Waals surface area contributed by atoms with Crippen LogP contribution >= 0.6 is 0 Å². The Balaban J connectivity index is 2.85. The first kappa shape index (κ1) is 17.0. The van der Waals surface area contributed by atoms with Gasteiger partial charge in [-0.1, -0.05) is 31.1 Å². The molecular formula is C16H25N3O2. The molecule has 0 heterocycles. The predicted octanol–water partition coefficient (Wildman–Crippen LogP) is 2.80. The first-order valence-corrected chi connectivity index (χ1v) is 7.24. The van der Waals surface area contributed by atoms with Crippen LogP contribution in [-0.4, -0.2) is 34.4 Å². The summed E-state index contributed by atoms with van der Waals surface area (Å²) in [5.74, 6) is 0.533. The van der Waals surface area contributed by atoms with Crippen molar-refractivity contribution in [2.75, 3.05) is 6.54 Å². The Morgan fingerprint density at radius 1 is 1.24 bits per heavy atom. The monoisotopic (exact) mass is 291 g/mol. The van der Waals surface area contributed by atoms with Gasteiger partial charge in [0.2, 0.25) is 0 Å². The molecule has 21 heavy (non-hydrogen) atoms. The molecular weight excluding hydrogens is 266 g/mol. The van der Waals surface area contributed by atoms with E-state index in [1.807, 2.05) is 38.1 Å². The molecule has 0 aromatic heterocycles. The Kier molecular flexibility index (Phi) is 6.21. The SMILES string of the molecule is CC(C)c1ccc(C(=O)N(CCC(N)=NO)C(C)C)cc1. The zero-order chi connectivity index (χ0) is 16.0. The normalized spacial score (nSPS) is 12.0. The highest BCUT2D eigenvalue weighted by atomic mass is 16.4. The highest BCUT2D eigenvalue weighted by Crippen LogP contribution is 2.16. The van der Waals surface area contributed by atoms with Crippen molar-refractivity contribution in [3.05, 3.63) is 35.4 Å². The maximum atomic E-state index is 12.6. The van der Waals surface area contributed by atoms with Crippen molar-refractivity contribution >= 4 is 11.7 Å². The number of nitrogens with zero attached hydrogens (tertiary/aromatic N) is 2. The Labute approximate surface area is 126 Å². The smallest absolute Gasteiger partial charge is 0.254 e. The number of carbonyl (C=O) groups is 1. The van der Waals surface area contributed by atoms with Crippen molar-refractivity contribution in [3.63, 3.8) is 0 Å². The van der Waals surface area contributed by atoms with Crippen LogP contribution in [0.3, 0.4) is 0 Å². The molecule has 0 saturated carbocycles. The lowest BCUT2D eigenvalue weighted by atomic mass is 10.0. The van der Waals surface area contributed by atoms with Crippen molar-refractivity contribution in [2.24, 2.45) is 10.9 Å². The number of oxime groups is 1. The first-order chi connectivity index (χ1) is 9.86. The summed E-state index contributed by atoms with van der Waals surface area (Å²) in [7, 11) is 0. The van der Waals surface area contributed by atoms with E-state index in [-0.39, 0.29) is 17.8 Å². The molecule has 0 atom stereocenters. The van der Waals surface area contributed by atoms with Gasteiger partial charge >= 0.3 is 0 Å². The topological polar surface area (TPSA) is 78.9 Å². The van der Waals surface area contributed by atoms with Gasteiger partial charge in [0.1, 0.15) is 5.84 Å². The first-order valence-electron chi connectivity index (χ1n) is 7.24. The van der Waals surface area contributed by atoms with Crippen LogP contribution in [0.5, 0.6) is 0 Å². The number of benzene rings is 1. The van der Waals surface area contributed by atoms with Crippen LogP contribution in [-0.2, 0) is 0 Å². The van der Waals surface area contributed by atoms with Crippen molar-refractivity contribution < 1.29 is 10.0 Å². The van der Waals surface area contributed by atoms with Crippen LogP contribution < -0.4 is 5.73 Å². The summed E-state index contributed by atoms with van der Waals surface area (Å²) in [5.41, 5.74) is 7.34. The molecule has 3 N–H and O–H groups in total. The quantitative estimate of drug-likeness (QED) is 0.366. The van der Waals surface area contributed by atoms with Gasteiger partial charge in [0, 0.05) is 24.6 Å². The van der Waals surface area contributed by atoms with Crippen LogP contribution in [0.4, 0.5) is 0 Å². The number of amidine groups is 1. The molecule has 0 saturated heterocycles. The van der Waals surface area contributed by atoms with E-state index in [9.17, 15) is 4.79 Å². The molecule has 1 amide bonds. The number of hydrogen-bond acceptors (Lipinski definition) is 3. The average molecular weight is 291 g/mol. The molecule has 0 aliphatic carbocycles. The predicted molar refractivity (Wildman–Crippen MR) is 84.7 cm³/mol. The molecule has 0 unspecified atom stereocenters. The van der Waals surface area contributed by atoms with Crippen molar-refractivity contribution in [1.82, 2.24) is 4.90 Å². The van der Waals surface area contributed by atoms with Crippen LogP contribution in [0, 0.1) is 0 Å². The van der Waals surface area contributed by atoms with E-state index < -0.39 is 0 Å². The van der Waals surface area contributed by atoms with E-state index >= 15 is 0 Å². The third-order valence-electron chi connectivity index (χ3n) is 3.45. The minimum Gasteiger partial charge on any atom is -0.409 e. The lowest BCUT2D eigenvalue weighted by molar-refractivity contribution is 0.0711. The number of nitrogens with two attached hydrogens (primary N) is 1. The van der Waals surface area contributed by atoms with Gasteiger partial charge in [0.25, 0.3) is 5.91 Å². The van der Waals surface area contributed by atoms with Gasteiger partial charge < -0.3 is 15.8 Å². The second kappa shape index (κ2) is 7.67. The van der Waals surface area contributed by atoms with Crippen LogP contribution in [0.1, 0.15) is 56.0 Å². The number of amides is 1. The van der Waals surface area contributed by atoms with E-state index in [0.29, 0.717) is 24.4 Å². The molecule has 0 aliphatic heterocycles. The molecule has 0 bridgehead atoms. The van der Waals surface area contributed by atoms with Gasteiger partial charge in [0.15, 0.2) is 0 Å². The maximum Gasteiger partial charge on any atom is 0.254 e. The summed E-state index contributed by atoms with van der Waals surface area (Å²) in [6, 6.07) is 7.74. The Hall–Kier alpha value is -2.04. The lowest BCUT2D eigenvalue weighted by Crippen LogP contribution is -2.39. The fraction of sp³-hybridized carbons (Fsp3) is 0.500. The van der Waals surface area contributed by atoms with Gasteiger partial charge in [-0.2, -0.15) is 0 Å². The van der Waals surface area contributed by atoms with Gasteiger partial charge in [-0.15, -0.1) is 0 Å². The third-order valence-corrected chi connectivity index (χ3v) is 3.45. The largest absolute Gasteiger partial charge is 0.409 e. The van der Waals surface area contributed by atoms with Crippen molar-refractivity contribution in [3.8, 4) is 0 Å². The molecule has 0 radical (unpaired) electrons. The summed E-state index contributed by atoms with van der Waals surface area (Å²) < 4.78 is 0. The molecule has 116 valence electrons. The second-order valence-electron chi connectivity index (χ2n) is 5.71. The van der Waals surface area contributed by atoms with Crippen LogP contribution in [0.15, 0.2) is 29.4 Å². The van der Waals surface area contributed by atoms with Crippen molar-refractivity contribution in [2.45, 2.75) is 46.1 Å². The highest BCUT2D eigenvalue weighted by molar-refractivity contribution is 5.94. The summed E-state index contributed by atoms with van der Waals surface area (Å²) >= 11 is 0. The van der Waals surface area contributed by atoms with Gasteiger partial charge in [-0.25, -0.2) is 0 Å². The zero-order valence-corrected chi connectivity index (χ0v) is 13.2. The van der Waals surface area contributed by atoms with Crippen LogP contribution in [0.25, 0.3) is 0 Å². The second-order valence-corrected chi connectivity index (χ2v) is 5.71. The van der Waals surface area contributed by atoms with E-state index in [1.54, 1.807) is 4.90 Å². The summed E-state index contributed by atoms with van der Waals surface area (Å²) in [6.07, 6.45) is 0.352. The molecule has 1 rings (SSSR count). The molecule has 0 spiro atoms. The summed E-state index contributed by atoms with van der Waals surface area (Å²) in [5, 5.41) is 11.5. The van der Waals surface area contributed by atoms with Gasteiger partial charge in [-0.3, -0.25) is 4.79 Å². The zero-order valence-electron chi connectivity index (χ0n) is 13.2. The van der Waals surface area contributed by atoms with E-state index in [4.69, 9.17) is 10.9 Å². The van der Waals surface area contributed by atoms with Gasteiger partial charge in [0.05, 0.1) is 0 Å². The minimum atomic E-state index is -0.0361. The molecule has 1 aromatic rings. The Morgan fingerprint density at radius 3 is 2.24 bits per heavy atom. The van der Waals surface area contributed by atoms with Crippen LogP contribution in [0.2, 0.25) is 0 Å². The average Bonchev–Trinajstić information content (AvgIpc) is 2.46. The van der Waals surface area contributed by atoms with Gasteiger partial charge in [-0.05, 0) is 37.5 Å². The van der Waals surface area contributed by atoms with Crippen molar-refractivity contribution in [1.29, 1.82) is 0 Å². The highest BCUT2D eigenvalue weighted by Gasteiger charge is 2.19. The maximum absolute atomic E-state index is 12.6. The van der Waals surface area contributed by atoms with E-state index in [2.05, 4.69) is 19.0 Å². The molecule has 5 nitrogen and oxygen atoms in total. The van der Waals surface area contributed by atoms with E-state index in [1.165, 1.54) is 5.56 Å². The Morgan fingerprint density at radius 2 is 1.81 bits per heavy atom. The molecule has 0 aliphatic rings. The molecule has 1 aromatic carbocycles. The molecule has 0 fully saturated rings. The fourth-order valence-corrected chi connectivity index (χ4v) is 2.06. The minimum absolute atomic E-state index is 0.0361. The number of carbonyl (C=O) groups excluding carboxylic acids is 1. The summed E-state index contributed by atoms with van der Waals surface area (Å²) in [6.45, 7) is 8.57. The summed E-state index contributed by atoms with van der Waals surface area (Å²) in [4.78, 5) is 14.3. The fourth-order valence-electron chi connectivity index (χ4n) is 2.06. The molecule has 5 heteroatoms. The number of rotatable bonds is 6. The Bertz CT molecular complexity index is 493. The standard InChI is InChI=1S/C16H25N3O2/c1-11(2)13-5-7-14(8-6-13)16(20)19(12(3)4)10-9-15(17)18-21/h5-8,11-12,21H,9-10H2,1-4H3,(H2,17,18). The number of hydrogen-bond donors (Lipinski definition) is 2. The third kappa shape index (κ3) is 4.77. The van der Waals surface area contributed by atoms with E-state index in [0.717, 1.165) is 0 Å².